The first kappa shape index (κ1) is 16.2. The van der Waals surface area contributed by atoms with Crippen LogP contribution in [0.3, 0.4) is 0 Å². The molecule has 1 aliphatic heterocycles. The molecule has 116 valence electrons. The fraction of sp³-hybridized carbons (Fsp3) is 0.625. The molecular weight excluding hydrogens is 288 g/mol. The summed E-state index contributed by atoms with van der Waals surface area (Å²) in [4.78, 5) is 16.4. The van der Waals surface area contributed by atoms with Gasteiger partial charge in [0.2, 0.25) is 0 Å². The number of ether oxygens (including phenoxy) is 1. The van der Waals surface area contributed by atoms with E-state index >= 15 is 0 Å². The van der Waals surface area contributed by atoms with Gasteiger partial charge < -0.3 is 10.1 Å². The average Bonchev–Trinajstić information content (AvgIpc) is 2.46. The van der Waals surface area contributed by atoms with E-state index in [1.165, 1.54) is 0 Å². The van der Waals surface area contributed by atoms with Gasteiger partial charge in [-0.05, 0) is 44.7 Å². The highest BCUT2D eigenvalue weighted by Crippen LogP contribution is 2.31. The molecule has 0 spiro atoms. The van der Waals surface area contributed by atoms with Crippen molar-refractivity contribution < 1.29 is 9.53 Å². The van der Waals surface area contributed by atoms with Crippen molar-refractivity contribution in [3.63, 3.8) is 0 Å². The molecule has 2 rings (SSSR count). The summed E-state index contributed by atoms with van der Waals surface area (Å²) in [6.07, 6.45) is 3.65. The van der Waals surface area contributed by atoms with Crippen LogP contribution in [0.1, 0.15) is 55.6 Å². The molecule has 1 amide bonds. The van der Waals surface area contributed by atoms with Crippen LogP contribution in [0, 0.1) is 6.92 Å². The second kappa shape index (κ2) is 6.75. The van der Waals surface area contributed by atoms with Crippen LogP contribution in [0.25, 0.3) is 0 Å². The van der Waals surface area contributed by atoms with Gasteiger partial charge in [0.25, 0.3) is 5.91 Å². The second-order valence-electron chi connectivity index (χ2n) is 5.72. The zero-order valence-corrected chi connectivity index (χ0v) is 13.7. The minimum atomic E-state index is -0.0952. The number of hydrogen-bond acceptors (Lipinski definition) is 3. The van der Waals surface area contributed by atoms with Crippen molar-refractivity contribution in [1.29, 1.82) is 0 Å². The Kier molecular flexibility index (Phi) is 5.22. The van der Waals surface area contributed by atoms with Crippen LogP contribution in [0.2, 0.25) is 5.15 Å². The van der Waals surface area contributed by atoms with E-state index in [1.807, 2.05) is 6.92 Å². The van der Waals surface area contributed by atoms with Gasteiger partial charge in [0.05, 0.1) is 5.60 Å². The minimum absolute atomic E-state index is 0.0876. The molecule has 0 radical (unpaired) electrons. The largest absolute Gasteiger partial charge is 0.375 e. The molecule has 0 aromatic carbocycles. The molecule has 1 aromatic rings. The Labute approximate surface area is 131 Å². The zero-order valence-electron chi connectivity index (χ0n) is 12.9. The third kappa shape index (κ3) is 3.95. The lowest BCUT2D eigenvalue weighted by atomic mass is 9.86. The Bertz CT molecular complexity index is 495. The van der Waals surface area contributed by atoms with E-state index in [0.29, 0.717) is 17.3 Å². The summed E-state index contributed by atoms with van der Waals surface area (Å²) >= 11 is 5.92. The van der Waals surface area contributed by atoms with Gasteiger partial charge in [-0.25, -0.2) is 4.98 Å². The number of nitrogens with one attached hydrogen (secondary N) is 1. The SMILES string of the molecule is CCC1(CC)CC(NC(=O)c2cc(C)nc(Cl)c2)CCO1. The van der Waals surface area contributed by atoms with Gasteiger partial charge in [-0.15, -0.1) is 0 Å². The van der Waals surface area contributed by atoms with Crippen LogP contribution in [0.4, 0.5) is 0 Å². The van der Waals surface area contributed by atoms with Gasteiger partial charge in [-0.2, -0.15) is 0 Å². The average molecular weight is 311 g/mol. The molecule has 1 atom stereocenters. The number of hydrogen-bond donors (Lipinski definition) is 1. The first-order chi connectivity index (χ1) is 9.98. The molecule has 0 aliphatic carbocycles. The maximum atomic E-state index is 12.4. The van der Waals surface area contributed by atoms with Crippen LogP contribution < -0.4 is 5.32 Å². The normalized spacial score (nSPS) is 21.0. The predicted molar refractivity (Wildman–Crippen MR) is 83.7 cm³/mol. The maximum Gasteiger partial charge on any atom is 0.251 e. The minimum Gasteiger partial charge on any atom is -0.375 e. The van der Waals surface area contributed by atoms with Crippen LogP contribution >= 0.6 is 11.6 Å². The highest BCUT2D eigenvalue weighted by molar-refractivity contribution is 6.29. The Morgan fingerprint density at radius 1 is 1.48 bits per heavy atom. The monoisotopic (exact) mass is 310 g/mol. The van der Waals surface area contributed by atoms with Crippen molar-refractivity contribution >= 4 is 17.5 Å². The molecule has 2 heterocycles. The highest BCUT2D eigenvalue weighted by atomic mass is 35.5. The summed E-state index contributed by atoms with van der Waals surface area (Å²) < 4.78 is 5.94. The number of rotatable bonds is 4. The van der Waals surface area contributed by atoms with E-state index in [9.17, 15) is 4.79 Å². The zero-order chi connectivity index (χ0) is 15.5. The third-order valence-electron chi connectivity index (χ3n) is 4.30. The fourth-order valence-electron chi connectivity index (χ4n) is 2.92. The molecule has 0 bridgehead atoms. The number of nitrogens with zero attached hydrogens (tertiary/aromatic N) is 1. The van der Waals surface area contributed by atoms with Crippen molar-refractivity contribution in [2.75, 3.05) is 6.61 Å². The summed E-state index contributed by atoms with van der Waals surface area (Å²) in [5.74, 6) is -0.0876. The van der Waals surface area contributed by atoms with E-state index in [0.717, 1.165) is 31.4 Å². The van der Waals surface area contributed by atoms with Gasteiger partial charge >= 0.3 is 0 Å². The second-order valence-corrected chi connectivity index (χ2v) is 6.11. The molecule has 1 fully saturated rings. The summed E-state index contributed by atoms with van der Waals surface area (Å²) in [6, 6.07) is 3.52. The van der Waals surface area contributed by atoms with Crippen molar-refractivity contribution in [3.8, 4) is 0 Å². The van der Waals surface area contributed by atoms with Crippen molar-refractivity contribution in [3.05, 3.63) is 28.5 Å². The lowest BCUT2D eigenvalue weighted by Crippen LogP contribution is -2.48. The number of carbonyl (C=O) groups is 1. The number of halogens is 1. The van der Waals surface area contributed by atoms with Crippen LogP contribution in [-0.2, 0) is 4.74 Å². The fourth-order valence-corrected chi connectivity index (χ4v) is 3.17. The summed E-state index contributed by atoms with van der Waals surface area (Å²) in [7, 11) is 0. The van der Waals surface area contributed by atoms with Crippen molar-refractivity contribution in [2.45, 2.75) is 58.1 Å². The number of pyridine rings is 1. The number of aromatic nitrogens is 1. The van der Waals surface area contributed by atoms with Crippen LogP contribution in [0.15, 0.2) is 12.1 Å². The Morgan fingerprint density at radius 2 is 2.19 bits per heavy atom. The lowest BCUT2D eigenvalue weighted by molar-refractivity contribution is -0.0917. The predicted octanol–water partition coefficient (Wildman–Crippen LogP) is 3.51. The summed E-state index contributed by atoms with van der Waals surface area (Å²) in [5.41, 5.74) is 1.22. The van der Waals surface area contributed by atoms with Gasteiger partial charge in [0.1, 0.15) is 5.15 Å². The molecule has 4 nitrogen and oxygen atoms in total. The van der Waals surface area contributed by atoms with Crippen LogP contribution in [0.5, 0.6) is 0 Å². The van der Waals surface area contributed by atoms with Gasteiger partial charge in [0, 0.05) is 23.9 Å². The summed E-state index contributed by atoms with van der Waals surface area (Å²) in [6.45, 7) is 6.80. The van der Waals surface area contributed by atoms with E-state index in [1.54, 1.807) is 12.1 Å². The standard InChI is InChI=1S/C16H23ClN2O2/c1-4-16(5-2)10-13(6-7-21-16)19-15(20)12-8-11(3)18-14(17)9-12/h8-9,13H,4-7,10H2,1-3H3,(H,19,20). The molecule has 1 saturated heterocycles. The number of aryl methyl sites for hydroxylation is 1. The molecule has 5 heteroatoms. The van der Waals surface area contributed by atoms with Gasteiger partial charge in [0.15, 0.2) is 0 Å². The molecule has 21 heavy (non-hydrogen) atoms. The van der Waals surface area contributed by atoms with E-state index in [2.05, 4.69) is 24.1 Å². The maximum absolute atomic E-state index is 12.4. The molecule has 0 saturated carbocycles. The Morgan fingerprint density at radius 3 is 2.81 bits per heavy atom. The van der Waals surface area contributed by atoms with E-state index in [4.69, 9.17) is 16.3 Å². The van der Waals surface area contributed by atoms with Crippen LogP contribution in [-0.4, -0.2) is 29.1 Å². The van der Waals surface area contributed by atoms with Gasteiger partial charge in [-0.3, -0.25) is 4.79 Å². The molecular formula is C16H23ClN2O2. The molecule has 1 N–H and O–H groups in total. The van der Waals surface area contributed by atoms with E-state index < -0.39 is 0 Å². The quantitative estimate of drug-likeness (QED) is 0.866. The van der Waals surface area contributed by atoms with Crippen molar-refractivity contribution in [2.24, 2.45) is 0 Å². The number of carbonyl (C=O) groups excluding carboxylic acids is 1. The third-order valence-corrected chi connectivity index (χ3v) is 4.49. The van der Waals surface area contributed by atoms with E-state index in [-0.39, 0.29) is 17.6 Å². The smallest absolute Gasteiger partial charge is 0.251 e. The topological polar surface area (TPSA) is 51.2 Å². The molecule has 1 aliphatic rings. The van der Waals surface area contributed by atoms with Crippen molar-refractivity contribution in [1.82, 2.24) is 10.3 Å². The lowest BCUT2D eigenvalue weighted by Gasteiger charge is -2.40. The first-order valence-electron chi connectivity index (χ1n) is 7.57. The van der Waals surface area contributed by atoms with Gasteiger partial charge in [-0.1, -0.05) is 25.4 Å². The molecule has 1 aromatic heterocycles. The number of amides is 1. The highest BCUT2D eigenvalue weighted by Gasteiger charge is 2.35. The molecule has 1 unspecified atom stereocenters. The Hall–Kier alpha value is -1.13. The Balaban J connectivity index is 2.05. The summed E-state index contributed by atoms with van der Waals surface area (Å²) in [5, 5.41) is 3.46. The first-order valence-corrected chi connectivity index (χ1v) is 7.95.